The summed E-state index contributed by atoms with van der Waals surface area (Å²) in [6.45, 7) is 7.06. The topological polar surface area (TPSA) is 80.3 Å². The van der Waals surface area contributed by atoms with E-state index in [1.165, 1.54) is 12.2 Å². The normalized spacial score (nSPS) is 10.4. The first-order chi connectivity index (χ1) is 17.1. The second-order valence-corrected chi connectivity index (χ2v) is 7.23. The molecule has 176 valence electrons. The number of rotatable bonds is 8. The van der Waals surface area contributed by atoms with Crippen molar-refractivity contribution in [3.05, 3.63) is 98.1 Å². The fraction of sp³-hybridized carbons (Fsp3) is 0.0714. The summed E-state index contributed by atoms with van der Waals surface area (Å²) in [5.74, 6) is 1.60. The Kier molecular flexibility index (Phi) is 7.28. The summed E-state index contributed by atoms with van der Waals surface area (Å²) in [7, 11) is 0. The van der Waals surface area contributed by atoms with Crippen molar-refractivity contribution in [2.45, 2.75) is 0 Å². The highest BCUT2D eigenvalue weighted by molar-refractivity contribution is 6.12. The molecule has 0 atom stereocenters. The molecule has 4 aromatic carbocycles. The Balaban J connectivity index is 1.88. The van der Waals surface area contributed by atoms with Crippen molar-refractivity contribution in [3.63, 3.8) is 0 Å². The number of ether oxygens (including phenoxy) is 5. The van der Waals surface area contributed by atoms with Gasteiger partial charge in [0.15, 0.2) is 5.75 Å². The molecule has 0 fully saturated rings. The number of carbonyl (C=O) groups excluding carboxylic acids is 2. The van der Waals surface area contributed by atoms with Crippen LogP contribution in [-0.4, -0.2) is 25.5 Å². The van der Waals surface area contributed by atoms with Gasteiger partial charge in [-0.1, -0.05) is 67.8 Å². The molecule has 0 spiro atoms. The van der Waals surface area contributed by atoms with Gasteiger partial charge < -0.3 is 23.7 Å². The van der Waals surface area contributed by atoms with Gasteiger partial charge in [-0.3, -0.25) is 0 Å². The third-order valence-electron chi connectivity index (χ3n) is 4.88. The summed E-state index contributed by atoms with van der Waals surface area (Å²) in [5.41, 5.74) is 0. The van der Waals surface area contributed by atoms with E-state index in [-0.39, 0.29) is 24.7 Å². The maximum atomic E-state index is 12.4. The molecule has 4 aromatic rings. The van der Waals surface area contributed by atoms with Gasteiger partial charge in [-0.2, -0.15) is 0 Å². The van der Waals surface area contributed by atoms with Gasteiger partial charge in [-0.15, -0.1) is 0 Å². The third kappa shape index (κ3) is 5.42. The van der Waals surface area contributed by atoms with E-state index in [2.05, 4.69) is 13.2 Å². The van der Waals surface area contributed by atoms with Crippen LogP contribution in [0.1, 0.15) is 0 Å². The van der Waals surface area contributed by atoms with Gasteiger partial charge in [0.25, 0.3) is 0 Å². The maximum absolute atomic E-state index is 12.4. The lowest BCUT2D eigenvalue weighted by Crippen LogP contribution is -2.13. The molecule has 0 radical (unpaired) electrons. The van der Waals surface area contributed by atoms with Gasteiger partial charge in [0.2, 0.25) is 0 Å². The second kappa shape index (κ2) is 10.9. The Bertz CT molecular complexity index is 1390. The maximum Gasteiger partial charge on any atom is 0.514 e. The zero-order valence-corrected chi connectivity index (χ0v) is 18.8. The van der Waals surface area contributed by atoms with E-state index in [0.717, 1.165) is 0 Å². The monoisotopic (exact) mass is 470 g/mol. The third-order valence-corrected chi connectivity index (χ3v) is 4.88. The average molecular weight is 470 g/mol. The minimum Gasteiger partial charge on any atom is -0.457 e. The van der Waals surface area contributed by atoms with Crippen LogP contribution >= 0.6 is 0 Å². The Morgan fingerprint density at radius 1 is 0.629 bits per heavy atom. The van der Waals surface area contributed by atoms with Gasteiger partial charge in [-0.25, -0.2) is 9.59 Å². The zero-order valence-electron chi connectivity index (χ0n) is 18.8. The molecule has 0 N–H and O–H groups in total. The van der Waals surface area contributed by atoms with Crippen molar-refractivity contribution in [3.8, 4) is 23.0 Å². The number of benzene rings is 4. The molecular weight excluding hydrogens is 448 g/mol. The van der Waals surface area contributed by atoms with Crippen LogP contribution in [0.2, 0.25) is 0 Å². The second-order valence-electron chi connectivity index (χ2n) is 7.23. The number of carbonyl (C=O) groups is 2. The quantitative estimate of drug-likeness (QED) is 0.117. The van der Waals surface area contributed by atoms with Crippen molar-refractivity contribution in [1.29, 1.82) is 0 Å². The van der Waals surface area contributed by atoms with E-state index in [1.807, 2.05) is 30.3 Å². The highest BCUT2D eigenvalue weighted by Crippen LogP contribution is 2.44. The molecule has 0 aliphatic heterocycles. The van der Waals surface area contributed by atoms with Gasteiger partial charge in [0.1, 0.15) is 30.5 Å². The first kappa shape index (κ1) is 23.4. The lowest BCUT2D eigenvalue weighted by atomic mass is 10.00. The van der Waals surface area contributed by atoms with Gasteiger partial charge in [0, 0.05) is 21.5 Å². The smallest absolute Gasteiger partial charge is 0.457 e. The van der Waals surface area contributed by atoms with Crippen LogP contribution in [-0.2, 0) is 9.47 Å². The van der Waals surface area contributed by atoms with Crippen molar-refractivity contribution in [1.82, 2.24) is 0 Å². The van der Waals surface area contributed by atoms with E-state index in [4.69, 9.17) is 23.7 Å². The van der Waals surface area contributed by atoms with E-state index in [9.17, 15) is 9.59 Å². The molecule has 0 bridgehead atoms. The molecule has 0 saturated heterocycles. The Labute approximate surface area is 201 Å². The molecule has 7 nitrogen and oxygen atoms in total. The summed E-state index contributed by atoms with van der Waals surface area (Å²) >= 11 is 0. The first-order valence-electron chi connectivity index (χ1n) is 10.7. The van der Waals surface area contributed by atoms with Gasteiger partial charge in [0.05, 0.1) is 0 Å². The molecular formula is C28H22O7. The largest absolute Gasteiger partial charge is 0.514 e. The Morgan fingerprint density at radius 3 is 1.71 bits per heavy atom. The summed E-state index contributed by atoms with van der Waals surface area (Å²) in [5, 5.41) is 2.04. The molecule has 0 unspecified atom stereocenters. The summed E-state index contributed by atoms with van der Waals surface area (Å²) in [6.07, 6.45) is 1.09. The van der Waals surface area contributed by atoms with Gasteiger partial charge >= 0.3 is 12.3 Å². The molecule has 0 aromatic heterocycles. The first-order valence-corrected chi connectivity index (χ1v) is 10.7. The molecule has 35 heavy (non-hydrogen) atoms. The highest BCUT2D eigenvalue weighted by Gasteiger charge is 2.21. The van der Waals surface area contributed by atoms with Gasteiger partial charge in [-0.05, 0) is 30.3 Å². The minimum atomic E-state index is -0.898. The molecule has 4 rings (SSSR count). The van der Waals surface area contributed by atoms with Crippen LogP contribution in [0.3, 0.4) is 0 Å². The predicted molar refractivity (Wildman–Crippen MR) is 132 cm³/mol. The Morgan fingerprint density at radius 2 is 1.14 bits per heavy atom. The lowest BCUT2D eigenvalue weighted by Gasteiger charge is -2.17. The molecule has 0 amide bonds. The predicted octanol–water partition coefficient (Wildman–Crippen LogP) is 7.19. The summed E-state index contributed by atoms with van der Waals surface area (Å²) in [6, 6.07) is 21.4. The van der Waals surface area contributed by atoms with Crippen LogP contribution in [0.5, 0.6) is 23.0 Å². The molecule has 0 heterocycles. The number of para-hydroxylation sites is 1. The van der Waals surface area contributed by atoms with Crippen molar-refractivity contribution in [2.75, 3.05) is 13.2 Å². The standard InChI is InChI=1S/C28H22O7/c1-3-16-31-27(29)34-25-21-12-8-9-13-22(21)26(35-28(30)32-17-4-2)24-18-20(14-15-23(24)25)33-19-10-6-5-7-11-19/h3-15,18H,1-2,16-17H2. The SMILES string of the molecule is C=CCOC(=O)Oc1c2ccccc2c(OC(=O)OCC=C)c2cc(Oc3ccccc3)ccc12. The molecule has 0 saturated carbocycles. The number of hydrogen-bond donors (Lipinski definition) is 0. The van der Waals surface area contributed by atoms with E-state index >= 15 is 0 Å². The highest BCUT2D eigenvalue weighted by atomic mass is 16.7. The minimum absolute atomic E-state index is 0.000100. The fourth-order valence-electron chi connectivity index (χ4n) is 3.47. The Hall–Kier alpha value is -4.78. The fourth-order valence-corrected chi connectivity index (χ4v) is 3.47. The zero-order chi connectivity index (χ0) is 24.6. The van der Waals surface area contributed by atoms with Crippen LogP contribution in [0.4, 0.5) is 9.59 Å². The van der Waals surface area contributed by atoms with Crippen LogP contribution in [0.15, 0.2) is 98.1 Å². The van der Waals surface area contributed by atoms with E-state index in [0.29, 0.717) is 33.0 Å². The summed E-state index contributed by atoms with van der Waals surface area (Å²) < 4.78 is 27.2. The molecule has 7 heteroatoms. The molecule has 0 aliphatic rings. The number of hydrogen-bond acceptors (Lipinski definition) is 7. The van der Waals surface area contributed by atoms with Crippen LogP contribution in [0, 0.1) is 0 Å². The lowest BCUT2D eigenvalue weighted by molar-refractivity contribution is 0.109. The number of fused-ring (bicyclic) bond motifs is 2. The molecule has 0 aliphatic carbocycles. The van der Waals surface area contributed by atoms with Crippen LogP contribution in [0.25, 0.3) is 21.5 Å². The van der Waals surface area contributed by atoms with E-state index < -0.39 is 12.3 Å². The summed E-state index contributed by atoms with van der Waals surface area (Å²) in [4.78, 5) is 24.7. The van der Waals surface area contributed by atoms with Crippen molar-refractivity contribution in [2.24, 2.45) is 0 Å². The van der Waals surface area contributed by atoms with Crippen LogP contribution < -0.4 is 14.2 Å². The van der Waals surface area contributed by atoms with Crippen molar-refractivity contribution < 1.29 is 33.3 Å². The van der Waals surface area contributed by atoms with E-state index in [1.54, 1.807) is 42.5 Å². The average Bonchev–Trinajstić information content (AvgIpc) is 2.88. The van der Waals surface area contributed by atoms with Crippen molar-refractivity contribution >= 4 is 33.9 Å².